The van der Waals surface area contributed by atoms with Crippen LogP contribution in [0.2, 0.25) is 0 Å². The quantitative estimate of drug-likeness (QED) is 0.860. The van der Waals surface area contributed by atoms with Gasteiger partial charge in [-0.3, -0.25) is 4.90 Å². The predicted octanol–water partition coefficient (Wildman–Crippen LogP) is 3.72. The third-order valence-electron chi connectivity index (χ3n) is 4.54. The van der Waals surface area contributed by atoms with Gasteiger partial charge < -0.3 is 5.73 Å². The fourth-order valence-electron chi connectivity index (χ4n) is 3.08. The number of nitrogens with two attached hydrogens (primary N) is 1. The van der Waals surface area contributed by atoms with Crippen molar-refractivity contribution in [1.29, 1.82) is 0 Å². The number of halogens is 1. The maximum Gasteiger partial charge on any atom is 0.128 e. The van der Waals surface area contributed by atoms with E-state index in [0.29, 0.717) is 12.1 Å². The van der Waals surface area contributed by atoms with Crippen molar-refractivity contribution in [2.24, 2.45) is 17.6 Å². The Morgan fingerprint density at radius 1 is 1.38 bits per heavy atom. The molecule has 0 aromatic heterocycles. The molecule has 1 aromatic carbocycles. The summed E-state index contributed by atoms with van der Waals surface area (Å²) >= 11 is 4.88. The van der Waals surface area contributed by atoms with E-state index in [-0.39, 0.29) is 10.8 Å². The number of likely N-dealkylation sites (tertiary alicyclic amines) is 1. The number of hydrogen-bond acceptors (Lipinski definition) is 2. The highest BCUT2D eigenvalue weighted by molar-refractivity contribution is 7.80. The minimum atomic E-state index is -0.204. The Morgan fingerprint density at radius 3 is 2.76 bits per heavy atom. The third kappa shape index (κ3) is 4.48. The van der Waals surface area contributed by atoms with E-state index in [1.165, 1.54) is 25.3 Å². The van der Waals surface area contributed by atoms with Gasteiger partial charge in [0.25, 0.3) is 0 Å². The van der Waals surface area contributed by atoms with Crippen molar-refractivity contribution in [3.63, 3.8) is 0 Å². The first-order valence-electron chi connectivity index (χ1n) is 7.78. The molecule has 2 nitrogen and oxygen atoms in total. The summed E-state index contributed by atoms with van der Waals surface area (Å²) in [6.45, 7) is 7.39. The van der Waals surface area contributed by atoms with Crippen molar-refractivity contribution in [2.75, 3.05) is 13.1 Å². The van der Waals surface area contributed by atoms with Crippen LogP contribution < -0.4 is 5.73 Å². The minimum absolute atomic E-state index is 0.204. The SMILES string of the molecule is CC(C)C1CCCN(Cc2ccc(C(N)=S)cc2F)CC1. The van der Waals surface area contributed by atoms with Crippen molar-refractivity contribution in [3.8, 4) is 0 Å². The molecule has 4 heteroatoms. The Hall–Kier alpha value is -1.00. The molecule has 0 saturated carbocycles. The molecule has 1 aliphatic rings. The van der Waals surface area contributed by atoms with Crippen molar-refractivity contribution < 1.29 is 4.39 Å². The Kier molecular flexibility index (Phi) is 5.71. The van der Waals surface area contributed by atoms with Crippen LogP contribution in [0, 0.1) is 17.7 Å². The maximum absolute atomic E-state index is 14.1. The minimum Gasteiger partial charge on any atom is -0.389 e. The Bertz CT molecular complexity index is 502. The smallest absolute Gasteiger partial charge is 0.128 e. The molecule has 1 aromatic rings. The van der Waals surface area contributed by atoms with Crippen LogP contribution in [0.25, 0.3) is 0 Å². The lowest BCUT2D eigenvalue weighted by Crippen LogP contribution is -2.25. The molecule has 0 aliphatic carbocycles. The van der Waals surface area contributed by atoms with Gasteiger partial charge in [-0.2, -0.15) is 0 Å². The van der Waals surface area contributed by atoms with E-state index in [0.717, 1.165) is 30.5 Å². The molecule has 1 atom stereocenters. The van der Waals surface area contributed by atoms with Crippen LogP contribution in [0.4, 0.5) is 4.39 Å². The second kappa shape index (κ2) is 7.32. The second-order valence-electron chi connectivity index (χ2n) is 6.38. The summed E-state index contributed by atoms with van der Waals surface area (Å²) in [5, 5.41) is 0. The zero-order valence-corrected chi connectivity index (χ0v) is 13.8. The molecule has 1 saturated heterocycles. The third-order valence-corrected chi connectivity index (χ3v) is 4.78. The largest absolute Gasteiger partial charge is 0.389 e. The fourth-order valence-corrected chi connectivity index (χ4v) is 3.20. The molecule has 0 amide bonds. The van der Waals surface area contributed by atoms with Gasteiger partial charge in [0.2, 0.25) is 0 Å². The second-order valence-corrected chi connectivity index (χ2v) is 6.82. The number of hydrogen-bond donors (Lipinski definition) is 1. The highest BCUT2D eigenvalue weighted by Crippen LogP contribution is 2.25. The molecular weight excluding hydrogens is 283 g/mol. The van der Waals surface area contributed by atoms with Crippen LogP contribution in [0.15, 0.2) is 18.2 Å². The fraction of sp³-hybridized carbons (Fsp3) is 0.588. The van der Waals surface area contributed by atoms with Crippen LogP contribution in [0.1, 0.15) is 44.2 Å². The molecule has 0 spiro atoms. The first-order chi connectivity index (χ1) is 9.97. The van der Waals surface area contributed by atoms with E-state index in [4.69, 9.17) is 18.0 Å². The van der Waals surface area contributed by atoms with E-state index < -0.39 is 0 Å². The van der Waals surface area contributed by atoms with E-state index in [1.807, 2.05) is 12.1 Å². The number of thiocarbonyl (C=S) groups is 1. The lowest BCUT2D eigenvalue weighted by molar-refractivity contribution is 0.261. The molecule has 0 radical (unpaired) electrons. The van der Waals surface area contributed by atoms with Gasteiger partial charge >= 0.3 is 0 Å². The Morgan fingerprint density at radius 2 is 2.14 bits per heavy atom. The summed E-state index contributed by atoms with van der Waals surface area (Å²) < 4.78 is 14.1. The van der Waals surface area contributed by atoms with Gasteiger partial charge in [0.15, 0.2) is 0 Å². The molecule has 1 fully saturated rings. The van der Waals surface area contributed by atoms with Crippen LogP contribution in [-0.2, 0) is 6.54 Å². The summed E-state index contributed by atoms with van der Waals surface area (Å²) in [6.07, 6.45) is 3.71. The van der Waals surface area contributed by atoms with Crippen LogP contribution in [-0.4, -0.2) is 23.0 Å². The lowest BCUT2D eigenvalue weighted by atomic mass is 9.89. The molecular formula is C17H25FN2S. The molecule has 2 rings (SSSR count). The average molecular weight is 308 g/mol. The predicted molar refractivity (Wildman–Crippen MR) is 89.7 cm³/mol. The maximum atomic E-state index is 14.1. The van der Waals surface area contributed by atoms with E-state index in [1.54, 1.807) is 0 Å². The van der Waals surface area contributed by atoms with Gasteiger partial charge in [0.1, 0.15) is 10.8 Å². The van der Waals surface area contributed by atoms with Gasteiger partial charge in [-0.15, -0.1) is 0 Å². The van der Waals surface area contributed by atoms with Crippen LogP contribution in [0.3, 0.4) is 0 Å². The highest BCUT2D eigenvalue weighted by atomic mass is 32.1. The molecule has 1 heterocycles. The molecule has 21 heavy (non-hydrogen) atoms. The van der Waals surface area contributed by atoms with E-state index in [2.05, 4.69) is 18.7 Å². The summed E-state index contributed by atoms with van der Waals surface area (Å²) in [5.41, 5.74) is 6.87. The zero-order chi connectivity index (χ0) is 15.4. The molecule has 116 valence electrons. The summed E-state index contributed by atoms with van der Waals surface area (Å²) in [5.74, 6) is 1.34. The Balaban J connectivity index is 2.00. The van der Waals surface area contributed by atoms with Gasteiger partial charge in [-0.05, 0) is 50.3 Å². The summed E-state index contributed by atoms with van der Waals surface area (Å²) in [4.78, 5) is 2.61. The van der Waals surface area contributed by atoms with Gasteiger partial charge in [-0.1, -0.05) is 38.2 Å². The van der Waals surface area contributed by atoms with E-state index >= 15 is 0 Å². The molecule has 2 N–H and O–H groups in total. The van der Waals surface area contributed by atoms with Crippen molar-refractivity contribution >= 4 is 17.2 Å². The Labute approximate surface area is 132 Å². The number of benzene rings is 1. The lowest BCUT2D eigenvalue weighted by Gasteiger charge is -2.21. The first kappa shape index (κ1) is 16.4. The van der Waals surface area contributed by atoms with Crippen LogP contribution >= 0.6 is 12.2 Å². The van der Waals surface area contributed by atoms with E-state index in [9.17, 15) is 4.39 Å². The summed E-state index contributed by atoms with van der Waals surface area (Å²) in [7, 11) is 0. The standard InChI is InChI=1S/C17H25FN2S/c1-12(2)13-4-3-8-20(9-7-13)11-15-6-5-14(17(19)21)10-16(15)18/h5-6,10,12-13H,3-4,7-9,11H2,1-2H3,(H2,19,21). The van der Waals surface area contributed by atoms with Gasteiger partial charge in [0.05, 0.1) is 0 Å². The zero-order valence-electron chi connectivity index (χ0n) is 12.9. The van der Waals surface area contributed by atoms with Crippen LogP contribution in [0.5, 0.6) is 0 Å². The topological polar surface area (TPSA) is 29.3 Å². The van der Waals surface area contributed by atoms with Gasteiger partial charge in [0, 0.05) is 17.7 Å². The van der Waals surface area contributed by atoms with Crippen molar-refractivity contribution in [1.82, 2.24) is 4.90 Å². The molecule has 0 bridgehead atoms. The normalized spacial score (nSPS) is 20.5. The molecule has 1 unspecified atom stereocenters. The van der Waals surface area contributed by atoms with Gasteiger partial charge in [-0.25, -0.2) is 4.39 Å². The average Bonchev–Trinajstić information content (AvgIpc) is 2.66. The monoisotopic (exact) mass is 308 g/mol. The number of rotatable bonds is 4. The van der Waals surface area contributed by atoms with Crippen molar-refractivity contribution in [2.45, 2.75) is 39.7 Å². The molecule has 1 aliphatic heterocycles. The first-order valence-corrected chi connectivity index (χ1v) is 8.18. The van der Waals surface area contributed by atoms with Crippen molar-refractivity contribution in [3.05, 3.63) is 35.1 Å². The number of nitrogens with zero attached hydrogens (tertiary/aromatic N) is 1. The summed E-state index contributed by atoms with van der Waals surface area (Å²) in [6, 6.07) is 5.08. The highest BCUT2D eigenvalue weighted by Gasteiger charge is 2.20.